The average molecular weight is 275 g/mol. The van der Waals surface area contributed by atoms with Gasteiger partial charge in [-0.3, -0.25) is 0 Å². The molecule has 18 heavy (non-hydrogen) atoms. The summed E-state index contributed by atoms with van der Waals surface area (Å²) in [6.45, 7) is 9.98. The minimum Gasteiger partial charge on any atom is -0.314 e. The first-order chi connectivity index (χ1) is 8.10. The molecule has 0 aliphatic heterocycles. The maximum atomic E-state index is 11.6. The summed E-state index contributed by atoms with van der Waals surface area (Å²) in [7, 11) is -2.87. The minimum atomic E-state index is -2.87. The fraction of sp³-hybridized carbons (Fsp3) is 1.00. The van der Waals surface area contributed by atoms with Crippen molar-refractivity contribution >= 4 is 9.84 Å². The lowest BCUT2D eigenvalue weighted by Crippen LogP contribution is -2.42. The molecule has 0 bridgehead atoms. The molecule has 0 amide bonds. The van der Waals surface area contributed by atoms with E-state index in [1.165, 1.54) is 6.26 Å². The molecule has 1 aliphatic carbocycles. The van der Waals surface area contributed by atoms with Gasteiger partial charge >= 0.3 is 0 Å². The molecule has 0 saturated heterocycles. The number of hydrogen-bond acceptors (Lipinski definition) is 3. The highest BCUT2D eigenvalue weighted by atomic mass is 32.2. The summed E-state index contributed by atoms with van der Waals surface area (Å²) in [5, 5.41) is 3.43. The number of hydrogen-bond donors (Lipinski definition) is 1. The number of nitrogens with one attached hydrogen (secondary N) is 1. The molecule has 3 nitrogen and oxygen atoms in total. The van der Waals surface area contributed by atoms with E-state index in [0.717, 1.165) is 32.2 Å². The highest BCUT2D eigenvalue weighted by molar-refractivity contribution is 7.91. The van der Waals surface area contributed by atoms with Gasteiger partial charge in [0, 0.05) is 12.3 Å². The third kappa shape index (κ3) is 4.88. The molecule has 3 unspecified atom stereocenters. The first-order valence-electron chi connectivity index (χ1n) is 7.03. The fourth-order valence-electron chi connectivity index (χ4n) is 2.37. The molecule has 0 heterocycles. The van der Waals surface area contributed by atoms with Crippen LogP contribution in [0.4, 0.5) is 0 Å². The summed E-state index contributed by atoms with van der Waals surface area (Å²) in [5.74, 6) is 0.594. The Morgan fingerprint density at radius 1 is 1.28 bits per heavy atom. The maximum Gasteiger partial charge on any atom is 0.150 e. The molecule has 108 valence electrons. The molecule has 1 N–H and O–H groups in total. The molecule has 0 aromatic carbocycles. The molecule has 0 aromatic rings. The Balaban J connectivity index is 2.44. The van der Waals surface area contributed by atoms with Crippen molar-refractivity contribution in [2.24, 2.45) is 11.3 Å². The molecule has 1 fully saturated rings. The van der Waals surface area contributed by atoms with Crippen molar-refractivity contribution in [3.63, 3.8) is 0 Å². The molecule has 0 aromatic heterocycles. The molecule has 1 aliphatic rings. The van der Waals surface area contributed by atoms with Crippen molar-refractivity contribution in [2.75, 3.05) is 12.8 Å². The molecule has 0 spiro atoms. The van der Waals surface area contributed by atoms with Gasteiger partial charge in [0.2, 0.25) is 0 Å². The van der Waals surface area contributed by atoms with E-state index in [1.54, 1.807) is 0 Å². The predicted molar refractivity (Wildman–Crippen MR) is 77.5 cm³/mol. The quantitative estimate of drug-likeness (QED) is 0.858. The van der Waals surface area contributed by atoms with E-state index in [9.17, 15) is 8.42 Å². The van der Waals surface area contributed by atoms with Crippen LogP contribution in [0.3, 0.4) is 0 Å². The van der Waals surface area contributed by atoms with Crippen LogP contribution < -0.4 is 5.32 Å². The van der Waals surface area contributed by atoms with E-state index >= 15 is 0 Å². The Labute approximate surface area is 113 Å². The monoisotopic (exact) mass is 275 g/mol. The maximum absolute atomic E-state index is 11.6. The Bertz CT molecular complexity index is 356. The highest BCUT2D eigenvalue weighted by Crippen LogP contribution is 2.27. The van der Waals surface area contributed by atoms with Crippen LogP contribution in [0.2, 0.25) is 0 Å². The first-order valence-corrected chi connectivity index (χ1v) is 8.98. The Morgan fingerprint density at radius 3 is 2.39 bits per heavy atom. The third-order valence-corrected chi connectivity index (χ3v) is 6.06. The second kappa shape index (κ2) is 5.91. The molecule has 3 atom stereocenters. The lowest BCUT2D eigenvalue weighted by Gasteiger charge is -2.33. The number of rotatable bonds is 4. The van der Waals surface area contributed by atoms with Gasteiger partial charge in [-0.25, -0.2) is 8.42 Å². The van der Waals surface area contributed by atoms with Gasteiger partial charge < -0.3 is 5.32 Å². The molecule has 1 saturated carbocycles. The number of sulfone groups is 1. The van der Waals surface area contributed by atoms with E-state index in [-0.39, 0.29) is 5.25 Å². The normalized spacial score (nSPS) is 28.1. The summed E-state index contributed by atoms with van der Waals surface area (Å²) >= 11 is 0. The Morgan fingerprint density at radius 2 is 1.89 bits per heavy atom. The van der Waals surface area contributed by atoms with Crippen LogP contribution >= 0.6 is 0 Å². The van der Waals surface area contributed by atoms with Gasteiger partial charge in [0.1, 0.15) is 9.84 Å². The Hall–Kier alpha value is -0.0900. The minimum absolute atomic E-state index is 0.131. The summed E-state index contributed by atoms with van der Waals surface area (Å²) in [4.78, 5) is 0. The highest BCUT2D eigenvalue weighted by Gasteiger charge is 2.29. The van der Waals surface area contributed by atoms with Gasteiger partial charge in [0.15, 0.2) is 0 Å². The van der Waals surface area contributed by atoms with Gasteiger partial charge in [-0.05, 0) is 37.1 Å². The lowest BCUT2D eigenvalue weighted by atomic mass is 9.82. The van der Waals surface area contributed by atoms with Crippen LogP contribution in [0.25, 0.3) is 0 Å². The fourth-order valence-corrected chi connectivity index (χ4v) is 3.55. The van der Waals surface area contributed by atoms with Gasteiger partial charge in [-0.2, -0.15) is 0 Å². The zero-order chi connectivity index (χ0) is 14.0. The average Bonchev–Trinajstić information content (AvgIpc) is 2.23. The van der Waals surface area contributed by atoms with Crippen LogP contribution in [0.5, 0.6) is 0 Å². The SMILES string of the molecule is CC(CNC1CCCC(S(C)(=O)=O)C1)C(C)(C)C. The predicted octanol–water partition coefficient (Wildman–Crippen LogP) is 2.61. The zero-order valence-electron chi connectivity index (χ0n) is 12.5. The van der Waals surface area contributed by atoms with E-state index < -0.39 is 9.84 Å². The van der Waals surface area contributed by atoms with Gasteiger partial charge in [0.05, 0.1) is 5.25 Å². The van der Waals surface area contributed by atoms with Crippen LogP contribution in [0.1, 0.15) is 53.4 Å². The van der Waals surface area contributed by atoms with E-state index in [2.05, 4.69) is 33.0 Å². The second-order valence-electron chi connectivity index (χ2n) is 6.99. The van der Waals surface area contributed by atoms with E-state index in [1.807, 2.05) is 0 Å². The topological polar surface area (TPSA) is 46.2 Å². The van der Waals surface area contributed by atoms with Gasteiger partial charge in [-0.1, -0.05) is 34.1 Å². The van der Waals surface area contributed by atoms with Crippen molar-refractivity contribution in [1.29, 1.82) is 0 Å². The van der Waals surface area contributed by atoms with Gasteiger partial charge in [-0.15, -0.1) is 0 Å². The van der Waals surface area contributed by atoms with Gasteiger partial charge in [0.25, 0.3) is 0 Å². The van der Waals surface area contributed by atoms with Crippen LogP contribution in [-0.4, -0.2) is 32.5 Å². The standard InChI is InChI=1S/C14H29NO2S/c1-11(14(2,3)4)10-15-12-7-6-8-13(9-12)18(5,16)17/h11-13,15H,6-10H2,1-5H3. The van der Waals surface area contributed by atoms with Crippen molar-refractivity contribution in [3.8, 4) is 0 Å². The summed E-state index contributed by atoms with van der Waals surface area (Å²) in [6, 6.07) is 0.378. The van der Waals surface area contributed by atoms with Crippen molar-refractivity contribution in [1.82, 2.24) is 5.32 Å². The van der Waals surface area contributed by atoms with E-state index in [0.29, 0.717) is 17.4 Å². The van der Waals surface area contributed by atoms with Crippen molar-refractivity contribution in [2.45, 2.75) is 64.7 Å². The van der Waals surface area contributed by atoms with Crippen LogP contribution in [-0.2, 0) is 9.84 Å². The molecular weight excluding hydrogens is 246 g/mol. The molecule has 1 rings (SSSR count). The summed E-state index contributed by atoms with van der Waals surface area (Å²) in [6.07, 6.45) is 5.14. The smallest absolute Gasteiger partial charge is 0.150 e. The molecule has 0 radical (unpaired) electrons. The summed E-state index contributed by atoms with van der Waals surface area (Å²) in [5.41, 5.74) is 0.303. The first kappa shape index (κ1) is 16.0. The van der Waals surface area contributed by atoms with Crippen LogP contribution in [0, 0.1) is 11.3 Å². The zero-order valence-corrected chi connectivity index (χ0v) is 13.3. The van der Waals surface area contributed by atoms with Crippen LogP contribution in [0.15, 0.2) is 0 Å². The van der Waals surface area contributed by atoms with Crippen molar-refractivity contribution < 1.29 is 8.42 Å². The molecule has 4 heteroatoms. The molecular formula is C14H29NO2S. The van der Waals surface area contributed by atoms with Crippen molar-refractivity contribution in [3.05, 3.63) is 0 Å². The largest absolute Gasteiger partial charge is 0.314 e. The second-order valence-corrected chi connectivity index (χ2v) is 9.32. The summed E-state index contributed by atoms with van der Waals surface area (Å²) < 4.78 is 23.2. The third-order valence-electron chi connectivity index (χ3n) is 4.42. The lowest BCUT2D eigenvalue weighted by molar-refractivity contribution is 0.235. The Kier molecular flexibility index (Phi) is 5.24. The van der Waals surface area contributed by atoms with E-state index in [4.69, 9.17) is 0 Å².